The molecule has 72 valence electrons. The molecule has 1 heterocycles. The van der Waals surface area contributed by atoms with Crippen LogP contribution in [0.4, 0.5) is 0 Å². The van der Waals surface area contributed by atoms with Crippen molar-refractivity contribution in [3.63, 3.8) is 0 Å². The minimum Gasteiger partial charge on any atom is -0.349 e. The standard InChI is InChI=1S/C10H15ClN2/c1-6(2)9-8(11)10(7-3-4-7)13-5-12-9/h5-7,9H,3-4H2,1-2H3,(H,12,13). The normalized spacial score (nSPS) is 28.2. The number of allylic oxidation sites excluding steroid dienone is 1. The second kappa shape index (κ2) is 3.33. The molecule has 1 atom stereocenters. The molecule has 0 aromatic heterocycles. The highest BCUT2D eigenvalue weighted by Gasteiger charge is 2.32. The number of aliphatic imine (C=N–C) groups is 1. The van der Waals surface area contributed by atoms with Gasteiger partial charge < -0.3 is 5.32 Å². The lowest BCUT2D eigenvalue weighted by molar-refractivity contribution is 0.551. The molecule has 1 saturated carbocycles. The molecule has 0 aromatic rings. The summed E-state index contributed by atoms with van der Waals surface area (Å²) in [5.74, 6) is 1.17. The summed E-state index contributed by atoms with van der Waals surface area (Å²) in [6.07, 6.45) is 4.35. The number of hydrogen-bond donors (Lipinski definition) is 1. The molecule has 0 amide bonds. The molecule has 0 bridgehead atoms. The van der Waals surface area contributed by atoms with Gasteiger partial charge in [0.2, 0.25) is 0 Å². The third-order valence-electron chi connectivity index (χ3n) is 2.59. The van der Waals surface area contributed by atoms with E-state index in [2.05, 4.69) is 24.2 Å². The average Bonchev–Trinajstić information content (AvgIpc) is 2.87. The zero-order valence-corrected chi connectivity index (χ0v) is 8.80. The predicted molar refractivity (Wildman–Crippen MR) is 55.9 cm³/mol. The van der Waals surface area contributed by atoms with Crippen molar-refractivity contribution in [2.24, 2.45) is 16.8 Å². The highest BCUT2D eigenvalue weighted by Crippen LogP contribution is 2.40. The van der Waals surface area contributed by atoms with Crippen molar-refractivity contribution in [3.05, 3.63) is 10.7 Å². The first kappa shape index (κ1) is 9.07. The minimum atomic E-state index is 0.179. The summed E-state index contributed by atoms with van der Waals surface area (Å²) in [4.78, 5) is 4.34. The molecule has 1 N–H and O–H groups in total. The molecule has 3 heteroatoms. The molecule has 1 aliphatic heterocycles. The summed E-state index contributed by atoms with van der Waals surface area (Å²) in [5.41, 5.74) is 1.22. The molecule has 2 nitrogen and oxygen atoms in total. The van der Waals surface area contributed by atoms with Crippen LogP contribution in [-0.4, -0.2) is 12.4 Å². The summed E-state index contributed by atoms with van der Waals surface area (Å²) in [7, 11) is 0. The van der Waals surface area contributed by atoms with E-state index in [1.807, 2.05) is 0 Å². The van der Waals surface area contributed by atoms with Gasteiger partial charge in [-0.3, -0.25) is 4.99 Å². The van der Waals surface area contributed by atoms with E-state index in [9.17, 15) is 0 Å². The summed E-state index contributed by atoms with van der Waals surface area (Å²) in [5, 5.41) is 4.10. The Morgan fingerprint density at radius 3 is 2.77 bits per heavy atom. The van der Waals surface area contributed by atoms with E-state index in [0.717, 1.165) is 5.03 Å². The molecule has 0 saturated heterocycles. The second-order valence-electron chi connectivity index (χ2n) is 4.15. The van der Waals surface area contributed by atoms with Crippen LogP contribution in [0.5, 0.6) is 0 Å². The van der Waals surface area contributed by atoms with E-state index in [-0.39, 0.29) is 6.04 Å². The fourth-order valence-corrected chi connectivity index (χ4v) is 2.15. The summed E-state index contributed by atoms with van der Waals surface area (Å²) in [6, 6.07) is 0.179. The molecule has 1 unspecified atom stereocenters. The Hall–Kier alpha value is -0.500. The number of nitrogens with one attached hydrogen (secondary N) is 1. The van der Waals surface area contributed by atoms with Crippen molar-refractivity contribution in [3.8, 4) is 0 Å². The topological polar surface area (TPSA) is 24.4 Å². The van der Waals surface area contributed by atoms with Crippen LogP contribution in [-0.2, 0) is 0 Å². The lowest BCUT2D eigenvalue weighted by atomic mass is 10.0. The molecule has 2 aliphatic rings. The molecule has 2 rings (SSSR count). The van der Waals surface area contributed by atoms with E-state index in [1.54, 1.807) is 6.34 Å². The van der Waals surface area contributed by atoms with Crippen molar-refractivity contribution in [2.45, 2.75) is 32.7 Å². The average molecular weight is 199 g/mol. The van der Waals surface area contributed by atoms with Gasteiger partial charge in [-0.05, 0) is 18.8 Å². The number of nitrogens with zero attached hydrogens (tertiary/aromatic N) is 1. The molecule has 0 aromatic carbocycles. The first-order valence-electron chi connectivity index (χ1n) is 4.88. The highest BCUT2D eigenvalue weighted by atomic mass is 35.5. The Morgan fingerprint density at radius 2 is 2.23 bits per heavy atom. The van der Waals surface area contributed by atoms with Crippen LogP contribution in [0.2, 0.25) is 0 Å². The minimum absolute atomic E-state index is 0.179. The lowest BCUT2D eigenvalue weighted by Gasteiger charge is -2.23. The molecule has 1 fully saturated rings. The number of rotatable bonds is 2. The van der Waals surface area contributed by atoms with E-state index >= 15 is 0 Å². The largest absolute Gasteiger partial charge is 0.349 e. The fraction of sp³-hybridized carbons (Fsp3) is 0.700. The van der Waals surface area contributed by atoms with Crippen molar-refractivity contribution >= 4 is 17.9 Å². The van der Waals surface area contributed by atoms with Crippen molar-refractivity contribution in [2.75, 3.05) is 0 Å². The van der Waals surface area contributed by atoms with E-state index in [1.165, 1.54) is 18.5 Å². The highest BCUT2D eigenvalue weighted by molar-refractivity contribution is 6.31. The summed E-state index contributed by atoms with van der Waals surface area (Å²) < 4.78 is 0. The first-order chi connectivity index (χ1) is 6.20. The molecular formula is C10H15ClN2. The van der Waals surface area contributed by atoms with Crippen molar-refractivity contribution in [1.29, 1.82) is 0 Å². The monoisotopic (exact) mass is 198 g/mol. The van der Waals surface area contributed by atoms with Crippen LogP contribution in [0.25, 0.3) is 0 Å². The van der Waals surface area contributed by atoms with Gasteiger partial charge in [0.25, 0.3) is 0 Å². The molecule has 1 aliphatic carbocycles. The Morgan fingerprint density at radius 1 is 1.54 bits per heavy atom. The van der Waals surface area contributed by atoms with Gasteiger partial charge >= 0.3 is 0 Å². The fourth-order valence-electron chi connectivity index (χ4n) is 1.63. The molecule has 0 radical (unpaired) electrons. The van der Waals surface area contributed by atoms with Crippen LogP contribution >= 0.6 is 11.6 Å². The Kier molecular flexibility index (Phi) is 2.33. The maximum absolute atomic E-state index is 6.28. The number of hydrogen-bond acceptors (Lipinski definition) is 2. The van der Waals surface area contributed by atoms with E-state index in [4.69, 9.17) is 11.6 Å². The SMILES string of the molecule is CC(C)C1N=CNC(C2CC2)=C1Cl. The zero-order chi connectivity index (χ0) is 9.42. The molecule has 0 spiro atoms. The maximum Gasteiger partial charge on any atom is 0.0912 e. The first-order valence-corrected chi connectivity index (χ1v) is 5.25. The van der Waals surface area contributed by atoms with Gasteiger partial charge in [0.1, 0.15) is 0 Å². The summed E-state index contributed by atoms with van der Waals surface area (Å²) >= 11 is 6.28. The summed E-state index contributed by atoms with van der Waals surface area (Å²) in [6.45, 7) is 4.31. The van der Waals surface area contributed by atoms with Crippen molar-refractivity contribution < 1.29 is 0 Å². The van der Waals surface area contributed by atoms with Gasteiger partial charge in [0, 0.05) is 11.6 Å². The third-order valence-corrected chi connectivity index (χ3v) is 3.02. The Labute approximate surface area is 84.1 Å². The third kappa shape index (κ3) is 1.73. The number of halogens is 1. The van der Waals surface area contributed by atoms with Crippen LogP contribution < -0.4 is 5.32 Å². The van der Waals surface area contributed by atoms with E-state index in [0.29, 0.717) is 11.8 Å². The van der Waals surface area contributed by atoms with Crippen molar-refractivity contribution in [1.82, 2.24) is 5.32 Å². The zero-order valence-electron chi connectivity index (χ0n) is 8.05. The van der Waals surface area contributed by atoms with Crippen LogP contribution in [0.1, 0.15) is 26.7 Å². The quantitative estimate of drug-likeness (QED) is 0.725. The van der Waals surface area contributed by atoms with Crippen LogP contribution in [0, 0.1) is 11.8 Å². The maximum atomic E-state index is 6.28. The van der Waals surface area contributed by atoms with Gasteiger partial charge in [0.15, 0.2) is 0 Å². The molecule has 13 heavy (non-hydrogen) atoms. The van der Waals surface area contributed by atoms with Crippen LogP contribution in [0.15, 0.2) is 15.7 Å². The van der Waals surface area contributed by atoms with Crippen LogP contribution in [0.3, 0.4) is 0 Å². The predicted octanol–water partition coefficient (Wildman–Crippen LogP) is 2.50. The Balaban J connectivity index is 2.20. The van der Waals surface area contributed by atoms with Gasteiger partial charge in [-0.2, -0.15) is 0 Å². The lowest BCUT2D eigenvalue weighted by Crippen LogP contribution is -2.27. The van der Waals surface area contributed by atoms with Gasteiger partial charge in [0.05, 0.1) is 17.4 Å². The van der Waals surface area contributed by atoms with E-state index < -0.39 is 0 Å². The Bertz CT molecular complexity index is 264. The second-order valence-corrected chi connectivity index (χ2v) is 4.55. The van der Waals surface area contributed by atoms with Gasteiger partial charge in [-0.15, -0.1) is 0 Å². The smallest absolute Gasteiger partial charge is 0.0912 e. The molecular weight excluding hydrogens is 184 g/mol. The van der Waals surface area contributed by atoms with Gasteiger partial charge in [-0.1, -0.05) is 25.4 Å². The van der Waals surface area contributed by atoms with Gasteiger partial charge in [-0.25, -0.2) is 0 Å².